The molecule has 0 saturated heterocycles. The summed E-state index contributed by atoms with van der Waals surface area (Å²) < 4.78 is 34.3. The van der Waals surface area contributed by atoms with E-state index in [1.807, 2.05) is 6.92 Å². The zero-order valence-electron chi connectivity index (χ0n) is 12.2. The Morgan fingerprint density at radius 1 is 1.23 bits per heavy atom. The number of rotatable bonds is 8. The summed E-state index contributed by atoms with van der Waals surface area (Å²) in [4.78, 5) is 0. The molecule has 2 unspecified atom stereocenters. The summed E-state index contributed by atoms with van der Waals surface area (Å²) in [6.45, 7) is -0.572. The highest BCUT2D eigenvalue weighted by Gasteiger charge is 2.15. The van der Waals surface area contributed by atoms with Crippen LogP contribution in [-0.2, 0) is 6.54 Å². The molecule has 120 valence electrons. The summed E-state index contributed by atoms with van der Waals surface area (Å²) in [5, 5.41) is 13.2. The molecule has 0 spiro atoms. The van der Waals surface area contributed by atoms with Crippen LogP contribution in [0.2, 0.25) is 0 Å². The van der Waals surface area contributed by atoms with Gasteiger partial charge in [-0.15, -0.1) is 0 Å². The number of aliphatic hydroxyl groups is 1. The zero-order valence-corrected chi connectivity index (χ0v) is 12.2. The second-order valence-corrected chi connectivity index (χ2v) is 5.04. The Morgan fingerprint density at radius 2 is 2.00 bits per heavy atom. The van der Waals surface area contributed by atoms with Crippen LogP contribution in [0.1, 0.15) is 30.8 Å². The molecule has 2 atom stereocenters. The van der Waals surface area contributed by atoms with Gasteiger partial charge in [0.25, 0.3) is 0 Å². The standard InChI is InChI=1S/C16H19F2NO3/c1-11(9-13(20)15-7-4-8-21-15)19-10-12-5-2-3-6-14(12)22-16(17)18/h2-8,11,13,16,19-20H,9-10H2,1H3. The minimum atomic E-state index is -2.85. The zero-order chi connectivity index (χ0) is 15.9. The number of para-hydroxylation sites is 1. The minimum absolute atomic E-state index is 0.0280. The largest absolute Gasteiger partial charge is 0.467 e. The molecule has 2 rings (SSSR count). The fraction of sp³-hybridized carbons (Fsp3) is 0.375. The number of aliphatic hydroxyl groups excluding tert-OH is 1. The highest BCUT2D eigenvalue weighted by Crippen LogP contribution is 2.21. The Hall–Kier alpha value is -1.92. The van der Waals surface area contributed by atoms with E-state index >= 15 is 0 Å². The van der Waals surface area contributed by atoms with Gasteiger partial charge in [0.05, 0.1) is 6.26 Å². The molecular formula is C16H19F2NO3. The number of nitrogens with one attached hydrogen (secondary N) is 1. The van der Waals surface area contributed by atoms with E-state index in [1.54, 1.807) is 30.3 Å². The van der Waals surface area contributed by atoms with Gasteiger partial charge in [0, 0.05) is 18.2 Å². The Morgan fingerprint density at radius 3 is 2.68 bits per heavy atom. The van der Waals surface area contributed by atoms with Gasteiger partial charge in [0.2, 0.25) is 0 Å². The Bertz CT molecular complexity index is 560. The Balaban J connectivity index is 1.87. The maximum atomic E-state index is 12.3. The molecule has 0 bridgehead atoms. The first kappa shape index (κ1) is 16.5. The lowest BCUT2D eigenvalue weighted by Gasteiger charge is -2.18. The molecule has 2 N–H and O–H groups in total. The molecule has 0 aliphatic carbocycles. The highest BCUT2D eigenvalue weighted by atomic mass is 19.3. The molecule has 0 aliphatic rings. The first-order chi connectivity index (χ1) is 10.6. The van der Waals surface area contributed by atoms with Gasteiger partial charge < -0.3 is 19.6 Å². The molecule has 0 aliphatic heterocycles. The number of hydrogen-bond acceptors (Lipinski definition) is 4. The smallest absolute Gasteiger partial charge is 0.387 e. The predicted molar refractivity (Wildman–Crippen MR) is 77.7 cm³/mol. The molecule has 1 aromatic heterocycles. The molecule has 6 heteroatoms. The summed E-state index contributed by atoms with van der Waals surface area (Å²) in [5.41, 5.74) is 0.641. The third-order valence-electron chi connectivity index (χ3n) is 3.28. The van der Waals surface area contributed by atoms with Crippen molar-refractivity contribution < 1.29 is 23.0 Å². The van der Waals surface area contributed by atoms with Crippen molar-refractivity contribution in [3.05, 3.63) is 54.0 Å². The molecular weight excluding hydrogens is 292 g/mol. The van der Waals surface area contributed by atoms with E-state index in [0.717, 1.165) is 0 Å². The lowest BCUT2D eigenvalue weighted by molar-refractivity contribution is -0.0505. The van der Waals surface area contributed by atoms with Crippen LogP contribution in [0.25, 0.3) is 0 Å². The summed E-state index contributed by atoms with van der Waals surface area (Å²) in [6.07, 6.45) is 1.25. The van der Waals surface area contributed by atoms with E-state index in [9.17, 15) is 13.9 Å². The SMILES string of the molecule is CC(CC(O)c1ccco1)NCc1ccccc1OC(F)F. The van der Waals surface area contributed by atoms with Crippen LogP contribution in [0.5, 0.6) is 5.75 Å². The van der Waals surface area contributed by atoms with E-state index < -0.39 is 12.7 Å². The van der Waals surface area contributed by atoms with Crippen molar-refractivity contribution >= 4 is 0 Å². The molecule has 2 aromatic rings. The van der Waals surface area contributed by atoms with E-state index in [2.05, 4.69) is 10.1 Å². The topological polar surface area (TPSA) is 54.6 Å². The van der Waals surface area contributed by atoms with Crippen LogP contribution in [0.15, 0.2) is 47.1 Å². The predicted octanol–water partition coefficient (Wildman–Crippen LogP) is 3.48. The highest BCUT2D eigenvalue weighted by molar-refractivity contribution is 5.33. The summed E-state index contributed by atoms with van der Waals surface area (Å²) >= 11 is 0. The molecule has 22 heavy (non-hydrogen) atoms. The van der Waals surface area contributed by atoms with E-state index in [-0.39, 0.29) is 11.8 Å². The van der Waals surface area contributed by atoms with Gasteiger partial charge >= 0.3 is 6.61 Å². The second-order valence-electron chi connectivity index (χ2n) is 5.04. The molecule has 0 fully saturated rings. The van der Waals surface area contributed by atoms with Gasteiger partial charge in [0.1, 0.15) is 17.6 Å². The van der Waals surface area contributed by atoms with E-state index in [4.69, 9.17) is 4.42 Å². The molecule has 0 saturated carbocycles. The van der Waals surface area contributed by atoms with E-state index in [0.29, 0.717) is 24.3 Å². The van der Waals surface area contributed by atoms with Gasteiger partial charge in [0.15, 0.2) is 0 Å². The van der Waals surface area contributed by atoms with Crippen molar-refractivity contribution in [2.45, 2.75) is 38.6 Å². The average Bonchev–Trinajstić information content (AvgIpc) is 3.00. The normalized spacial score (nSPS) is 14.0. The number of alkyl halides is 2. The minimum Gasteiger partial charge on any atom is -0.467 e. The van der Waals surface area contributed by atoms with Crippen LogP contribution in [0.4, 0.5) is 8.78 Å². The summed E-state index contributed by atoms with van der Waals surface area (Å²) in [5.74, 6) is 0.666. The number of hydrogen-bond donors (Lipinski definition) is 2. The van der Waals surface area contributed by atoms with Crippen LogP contribution >= 0.6 is 0 Å². The van der Waals surface area contributed by atoms with Crippen LogP contribution in [0.3, 0.4) is 0 Å². The Kier molecular flexibility index (Phi) is 5.91. The van der Waals surface area contributed by atoms with E-state index in [1.165, 1.54) is 12.3 Å². The van der Waals surface area contributed by atoms with Crippen molar-refractivity contribution in [2.24, 2.45) is 0 Å². The number of ether oxygens (including phenoxy) is 1. The fourth-order valence-corrected chi connectivity index (χ4v) is 2.16. The van der Waals surface area contributed by atoms with Crippen molar-refractivity contribution in [1.82, 2.24) is 5.32 Å². The summed E-state index contributed by atoms with van der Waals surface area (Å²) in [6, 6.07) is 10.0. The molecule has 4 nitrogen and oxygen atoms in total. The first-order valence-electron chi connectivity index (χ1n) is 7.04. The van der Waals surface area contributed by atoms with Gasteiger partial charge in [-0.05, 0) is 31.5 Å². The van der Waals surface area contributed by atoms with Crippen molar-refractivity contribution in [2.75, 3.05) is 0 Å². The molecule has 1 aromatic carbocycles. The maximum Gasteiger partial charge on any atom is 0.387 e. The lowest BCUT2D eigenvalue weighted by atomic mass is 10.1. The lowest BCUT2D eigenvalue weighted by Crippen LogP contribution is -2.27. The number of furan rings is 1. The van der Waals surface area contributed by atoms with Crippen molar-refractivity contribution in [1.29, 1.82) is 0 Å². The number of benzene rings is 1. The van der Waals surface area contributed by atoms with Crippen LogP contribution in [0, 0.1) is 0 Å². The fourth-order valence-electron chi connectivity index (χ4n) is 2.16. The first-order valence-corrected chi connectivity index (χ1v) is 7.04. The third-order valence-corrected chi connectivity index (χ3v) is 3.28. The molecule has 1 heterocycles. The van der Waals surface area contributed by atoms with Crippen molar-refractivity contribution in [3.8, 4) is 5.75 Å². The third kappa shape index (κ3) is 4.82. The van der Waals surface area contributed by atoms with Gasteiger partial charge in [-0.2, -0.15) is 8.78 Å². The van der Waals surface area contributed by atoms with Crippen molar-refractivity contribution in [3.63, 3.8) is 0 Å². The number of halogens is 2. The van der Waals surface area contributed by atoms with Gasteiger partial charge in [-0.3, -0.25) is 0 Å². The molecule has 0 radical (unpaired) electrons. The average molecular weight is 311 g/mol. The van der Waals surface area contributed by atoms with Crippen LogP contribution < -0.4 is 10.1 Å². The second kappa shape index (κ2) is 7.91. The van der Waals surface area contributed by atoms with Gasteiger partial charge in [-0.25, -0.2) is 0 Å². The Labute approximate surface area is 127 Å². The monoisotopic (exact) mass is 311 g/mol. The van der Waals surface area contributed by atoms with Gasteiger partial charge in [-0.1, -0.05) is 18.2 Å². The molecule has 0 amide bonds. The van der Waals surface area contributed by atoms with Crippen LogP contribution in [-0.4, -0.2) is 17.8 Å². The summed E-state index contributed by atoms with van der Waals surface area (Å²) in [7, 11) is 0. The maximum absolute atomic E-state index is 12.3. The quantitative estimate of drug-likeness (QED) is 0.783.